The van der Waals surface area contributed by atoms with Gasteiger partial charge < -0.3 is 4.98 Å². The molecule has 0 spiro atoms. The molecule has 2 N–H and O–H groups in total. The Morgan fingerprint density at radius 2 is 1.88 bits per heavy atom. The van der Waals surface area contributed by atoms with E-state index < -0.39 is 0 Å². The quantitative estimate of drug-likeness (QED) is 0.364. The SMILES string of the molecule is Cc1cc(C)c(-c2csc(N/N=C\c3c[nH]c4ccccc34)n2)c(C)c1. The van der Waals surface area contributed by atoms with Crippen molar-refractivity contribution in [3.63, 3.8) is 0 Å². The number of anilines is 1. The van der Waals surface area contributed by atoms with E-state index >= 15 is 0 Å². The van der Waals surface area contributed by atoms with E-state index in [4.69, 9.17) is 4.98 Å². The van der Waals surface area contributed by atoms with Gasteiger partial charge in [-0.15, -0.1) is 11.3 Å². The first kappa shape index (κ1) is 16.5. The fourth-order valence-corrected chi connectivity index (χ4v) is 4.03. The maximum Gasteiger partial charge on any atom is 0.203 e. The molecule has 0 radical (unpaired) electrons. The van der Waals surface area contributed by atoms with E-state index in [1.165, 1.54) is 22.3 Å². The van der Waals surface area contributed by atoms with E-state index in [1.807, 2.05) is 24.5 Å². The number of nitrogens with one attached hydrogen (secondary N) is 2. The van der Waals surface area contributed by atoms with E-state index in [1.54, 1.807) is 11.3 Å². The van der Waals surface area contributed by atoms with Gasteiger partial charge in [0.2, 0.25) is 5.13 Å². The first-order chi connectivity index (χ1) is 12.6. The number of aromatic nitrogens is 2. The standard InChI is InChI=1S/C21H20N4S/c1-13-8-14(2)20(15(3)9-13)19-12-26-21(24-19)25-23-11-16-10-22-18-7-5-4-6-17(16)18/h4-12,22H,1-3H3,(H,24,25)/b23-11-. The highest BCUT2D eigenvalue weighted by Gasteiger charge is 2.10. The van der Waals surface area contributed by atoms with Crippen LogP contribution in [-0.2, 0) is 0 Å². The Labute approximate surface area is 156 Å². The normalized spacial score (nSPS) is 11.5. The minimum absolute atomic E-state index is 0.787. The summed E-state index contributed by atoms with van der Waals surface area (Å²) in [5.41, 5.74) is 11.2. The van der Waals surface area contributed by atoms with E-state index in [-0.39, 0.29) is 0 Å². The molecule has 4 aromatic rings. The summed E-state index contributed by atoms with van der Waals surface area (Å²) in [6.45, 7) is 6.39. The van der Waals surface area contributed by atoms with Crippen molar-refractivity contribution >= 4 is 33.6 Å². The molecule has 0 aliphatic heterocycles. The third-order valence-electron chi connectivity index (χ3n) is 4.42. The van der Waals surface area contributed by atoms with Gasteiger partial charge in [-0.1, -0.05) is 35.9 Å². The van der Waals surface area contributed by atoms with Crippen LogP contribution in [0.1, 0.15) is 22.3 Å². The number of nitrogens with zero attached hydrogens (tertiary/aromatic N) is 2. The van der Waals surface area contributed by atoms with Gasteiger partial charge in [-0.25, -0.2) is 4.98 Å². The maximum absolute atomic E-state index is 4.70. The van der Waals surface area contributed by atoms with Gasteiger partial charge in [0, 0.05) is 33.6 Å². The van der Waals surface area contributed by atoms with Crippen molar-refractivity contribution in [2.24, 2.45) is 5.10 Å². The largest absolute Gasteiger partial charge is 0.361 e. The number of H-pyrrole nitrogens is 1. The van der Waals surface area contributed by atoms with Crippen LogP contribution >= 0.6 is 11.3 Å². The van der Waals surface area contributed by atoms with Crippen molar-refractivity contribution in [3.8, 4) is 11.3 Å². The second-order valence-electron chi connectivity index (χ2n) is 6.47. The molecule has 4 rings (SSSR count). The molecule has 5 heteroatoms. The van der Waals surface area contributed by atoms with Crippen molar-refractivity contribution in [3.05, 3.63) is 70.2 Å². The van der Waals surface area contributed by atoms with Crippen LogP contribution in [0.4, 0.5) is 5.13 Å². The summed E-state index contributed by atoms with van der Waals surface area (Å²) in [5.74, 6) is 0. The lowest BCUT2D eigenvalue weighted by Crippen LogP contribution is -1.92. The highest BCUT2D eigenvalue weighted by atomic mass is 32.1. The van der Waals surface area contributed by atoms with Gasteiger partial charge in [0.05, 0.1) is 11.9 Å². The third kappa shape index (κ3) is 3.13. The summed E-state index contributed by atoms with van der Waals surface area (Å²) in [6.07, 6.45) is 3.78. The number of para-hydroxylation sites is 1. The molecule has 0 fully saturated rings. The molecule has 0 aliphatic rings. The van der Waals surface area contributed by atoms with Crippen LogP contribution in [-0.4, -0.2) is 16.2 Å². The highest BCUT2D eigenvalue weighted by molar-refractivity contribution is 7.14. The molecule has 0 saturated carbocycles. The topological polar surface area (TPSA) is 53.1 Å². The second-order valence-corrected chi connectivity index (χ2v) is 7.33. The molecular formula is C21H20N4S. The first-order valence-corrected chi connectivity index (χ1v) is 9.39. The number of benzene rings is 2. The second kappa shape index (κ2) is 6.77. The average molecular weight is 360 g/mol. The van der Waals surface area contributed by atoms with Gasteiger partial charge in [-0.2, -0.15) is 5.10 Å². The Bertz CT molecular complexity index is 1080. The molecule has 0 amide bonds. The van der Waals surface area contributed by atoms with Gasteiger partial charge in [0.1, 0.15) is 0 Å². The van der Waals surface area contributed by atoms with Crippen LogP contribution in [0, 0.1) is 20.8 Å². The number of rotatable bonds is 4. The van der Waals surface area contributed by atoms with Gasteiger partial charge in [0.15, 0.2) is 0 Å². The smallest absolute Gasteiger partial charge is 0.203 e. The van der Waals surface area contributed by atoms with Gasteiger partial charge >= 0.3 is 0 Å². The van der Waals surface area contributed by atoms with Crippen LogP contribution in [0.15, 0.2) is 53.1 Å². The maximum atomic E-state index is 4.70. The lowest BCUT2D eigenvalue weighted by molar-refractivity contribution is 1.26. The zero-order valence-electron chi connectivity index (χ0n) is 15.0. The zero-order valence-corrected chi connectivity index (χ0v) is 15.8. The Morgan fingerprint density at radius 3 is 2.69 bits per heavy atom. The molecule has 0 saturated heterocycles. The lowest BCUT2D eigenvalue weighted by Gasteiger charge is -2.08. The summed E-state index contributed by atoms with van der Waals surface area (Å²) in [7, 11) is 0. The highest BCUT2D eigenvalue weighted by Crippen LogP contribution is 2.31. The monoisotopic (exact) mass is 360 g/mol. The first-order valence-electron chi connectivity index (χ1n) is 8.51. The van der Waals surface area contributed by atoms with E-state index in [2.05, 4.69) is 65.9 Å². The molecule has 130 valence electrons. The Morgan fingerprint density at radius 1 is 1.12 bits per heavy atom. The number of hydrogen-bond donors (Lipinski definition) is 2. The molecular weight excluding hydrogens is 340 g/mol. The van der Waals surface area contributed by atoms with Gasteiger partial charge in [-0.3, -0.25) is 5.43 Å². The van der Waals surface area contributed by atoms with Crippen molar-refractivity contribution in [2.45, 2.75) is 20.8 Å². The predicted octanol–water partition coefficient (Wildman–Crippen LogP) is 5.66. The number of hydrazone groups is 1. The van der Waals surface area contributed by atoms with Crippen LogP contribution in [0.25, 0.3) is 22.2 Å². The van der Waals surface area contributed by atoms with Gasteiger partial charge in [0.25, 0.3) is 0 Å². The van der Waals surface area contributed by atoms with Gasteiger partial charge in [-0.05, 0) is 38.0 Å². The van der Waals surface area contributed by atoms with Crippen LogP contribution in [0.5, 0.6) is 0 Å². The fraction of sp³-hybridized carbons (Fsp3) is 0.143. The minimum Gasteiger partial charge on any atom is -0.361 e. The summed E-state index contributed by atoms with van der Waals surface area (Å²) in [4.78, 5) is 7.95. The molecule has 0 atom stereocenters. The average Bonchev–Trinajstić information content (AvgIpc) is 3.22. The Kier molecular flexibility index (Phi) is 4.31. The molecule has 2 aromatic carbocycles. The molecule has 2 heterocycles. The predicted molar refractivity (Wildman–Crippen MR) is 111 cm³/mol. The molecule has 0 unspecified atom stereocenters. The summed E-state index contributed by atoms with van der Waals surface area (Å²) in [6, 6.07) is 12.6. The number of thiazole rings is 1. The molecule has 2 aromatic heterocycles. The van der Waals surface area contributed by atoms with Crippen molar-refractivity contribution in [1.82, 2.24) is 9.97 Å². The van der Waals surface area contributed by atoms with Crippen LogP contribution in [0.2, 0.25) is 0 Å². The molecule has 26 heavy (non-hydrogen) atoms. The lowest BCUT2D eigenvalue weighted by atomic mass is 9.98. The third-order valence-corrected chi connectivity index (χ3v) is 5.17. The number of aromatic amines is 1. The molecule has 0 aliphatic carbocycles. The number of fused-ring (bicyclic) bond motifs is 1. The Balaban J connectivity index is 1.54. The number of aryl methyl sites for hydroxylation is 3. The molecule has 0 bridgehead atoms. The van der Waals surface area contributed by atoms with Crippen LogP contribution in [0.3, 0.4) is 0 Å². The van der Waals surface area contributed by atoms with Crippen molar-refractivity contribution in [1.29, 1.82) is 0 Å². The van der Waals surface area contributed by atoms with Crippen molar-refractivity contribution < 1.29 is 0 Å². The summed E-state index contributed by atoms with van der Waals surface area (Å²) >= 11 is 1.56. The summed E-state index contributed by atoms with van der Waals surface area (Å²) in [5, 5.41) is 8.37. The summed E-state index contributed by atoms with van der Waals surface area (Å²) < 4.78 is 0. The van der Waals surface area contributed by atoms with Crippen LogP contribution < -0.4 is 5.43 Å². The zero-order chi connectivity index (χ0) is 18.1. The number of hydrogen-bond acceptors (Lipinski definition) is 4. The van der Waals surface area contributed by atoms with Crippen molar-refractivity contribution in [2.75, 3.05) is 5.43 Å². The van der Waals surface area contributed by atoms with E-state index in [0.717, 1.165) is 27.3 Å². The fourth-order valence-electron chi connectivity index (χ4n) is 3.38. The molecule has 4 nitrogen and oxygen atoms in total. The Hall–Kier alpha value is -2.92. The van der Waals surface area contributed by atoms with E-state index in [9.17, 15) is 0 Å². The minimum atomic E-state index is 0.787. The van der Waals surface area contributed by atoms with E-state index in [0.29, 0.717) is 0 Å².